The SMILES string of the molecule is CC(c1cc2ccccc2o1)N(C)C(=O)Nc1cccc(-n2cccc2)c1. The number of amides is 2. The summed E-state index contributed by atoms with van der Waals surface area (Å²) in [5.41, 5.74) is 2.56. The molecule has 0 bridgehead atoms. The summed E-state index contributed by atoms with van der Waals surface area (Å²) < 4.78 is 7.89. The summed E-state index contributed by atoms with van der Waals surface area (Å²) in [7, 11) is 1.77. The van der Waals surface area contributed by atoms with Crippen molar-refractivity contribution in [2.24, 2.45) is 0 Å². The lowest BCUT2D eigenvalue weighted by atomic mass is 10.2. The first-order chi connectivity index (χ1) is 13.1. The fraction of sp³-hybridized carbons (Fsp3) is 0.136. The molecule has 0 saturated carbocycles. The Morgan fingerprint density at radius 1 is 1.04 bits per heavy atom. The van der Waals surface area contributed by atoms with Crippen LogP contribution in [-0.2, 0) is 0 Å². The van der Waals surface area contributed by atoms with Crippen LogP contribution >= 0.6 is 0 Å². The molecule has 1 N–H and O–H groups in total. The maximum absolute atomic E-state index is 12.7. The van der Waals surface area contributed by atoms with Gasteiger partial charge >= 0.3 is 6.03 Å². The van der Waals surface area contributed by atoms with Gasteiger partial charge in [-0.2, -0.15) is 0 Å². The number of carbonyl (C=O) groups excluding carboxylic acids is 1. The Morgan fingerprint density at radius 2 is 1.81 bits per heavy atom. The lowest BCUT2D eigenvalue weighted by Crippen LogP contribution is -2.33. The van der Waals surface area contributed by atoms with Crippen molar-refractivity contribution in [2.75, 3.05) is 12.4 Å². The molecule has 1 atom stereocenters. The van der Waals surface area contributed by atoms with Gasteiger partial charge in [0.1, 0.15) is 11.3 Å². The fourth-order valence-corrected chi connectivity index (χ4v) is 3.04. The van der Waals surface area contributed by atoms with E-state index in [4.69, 9.17) is 4.42 Å². The van der Waals surface area contributed by atoms with Crippen molar-refractivity contribution in [1.82, 2.24) is 9.47 Å². The van der Waals surface area contributed by atoms with E-state index in [0.29, 0.717) is 0 Å². The summed E-state index contributed by atoms with van der Waals surface area (Å²) in [6.07, 6.45) is 3.94. The number of furan rings is 1. The summed E-state index contributed by atoms with van der Waals surface area (Å²) in [4.78, 5) is 14.3. The van der Waals surface area contributed by atoms with E-state index in [-0.39, 0.29) is 12.1 Å². The smallest absolute Gasteiger partial charge is 0.322 e. The molecule has 2 aromatic carbocycles. The van der Waals surface area contributed by atoms with Crippen LogP contribution in [-0.4, -0.2) is 22.5 Å². The van der Waals surface area contributed by atoms with Gasteiger partial charge in [-0.05, 0) is 49.4 Å². The van der Waals surface area contributed by atoms with Crippen molar-refractivity contribution >= 4 is 22.7 Å². The summed E-state index contributed by atoms with van der Waals surface area (Å²) in [6, 6.07) is 21.1. The normalized spacial score (nSPS) is 12.1. The molecular weight excluding hydrogens is 338 g/mol. The summed E-state index contributed by atoms with van der Waals surface area (Å²) in [6.45, 7) is 1.95. The van der Waals surface area contributed by atoms with Crippen molar-refractivity contribution in [2.45, 2.75) is 13.0 Å². The van der Waals surface area contributed by atoms with Gasteiger partial charge in [0.15, 0.2) is 0 Å². The van der Waals surface area contributed by atoms with Crippen LogP contribution in [0, 0.1) is 0 Å². The second-order valence-electron chi connectivity index (χ2n) is 6.54. The molecule has 136 valence electrons. The van der Waals surface area contributed by atoms with Gasteiger partial charge in [-0.25, -0.2) is 4.79 Å². The molecule has 0 aliphatic heterocycles. The molecule has 0 saturated heterocycles. The lowest BCUT2D eigenvalue weighted by molar-refractivity contribution is 0.201. The number of rotatable bonds is 4. The van der Waals surface area contributed by atoms with Crippen LogP contribution in [0.5, 0.6) is 0 Å². The zero-order valence-corrected chi connectivity index (χ0v) is 15.3. The maximum atomic E-state index is 12.7. The molecule has 2 amide bonds. The number of carbonyl (C=O) groups is 1. The van der Waals surface area contributed by atoms with Crippen molar-refractivity contribution in [1.29, 1.82) is 0 Å². The first-order valence-electron chi connectivity index (χ1n) is 8.87. The fourth-order valence-electron chi connectivity index (χ4n) is 3.04. The number of hydrogen-bond acceptors (Lipinski definition) is 2. The Kier molecular flexibility index (Phi) is 4.42. The quantitative estimate of drug-likeness (QED) is 0.527. The van der Waals surface area contributed by atoms with E-state index in [1.54, 1.807) is 11.9 Å². The van der Waals surface area contributed by atoms with E-state index >= 15 is 0 Å². The molecule has 4 aromatic rings. The Bertz CT molecular complexity index is 1030. The van der Waals surface area contributed by atoms with Gasteiger partial charge in [0.05, 0.1) is 6.04 Å². The standard InChI is InChI=1S/C22H21N3O2/c1-16(21-14-17-8-3-4-11-20(17)27-21)24(2)22(26)23-18-9-7-10-19(15-18)25-12-5-6-13-25/h3-16H,1-2H3,(H,23,26). The topological polar surface area (TPSA) is 50.4 Å². The van der Waals surface area contributed by atoms with Gasteiger partial charge in [-0.15, -0.1) is 0 Å². The van der Waals surface area contributed by atoms with Crippen molar-refractivity contribution in [3.05, 3.63) is 84.9 Å². The Labute approximate surface area is 157 Å². The van der Waals surface area contributed by atoms with Gasteiger partial charge in [0.25, 0.3) is 0 Å². The summed E-state index contributed by atoms with van der Waals surface area (Å²) in [5.74, 6) is 0.759. The minimum absolute atomic E-state index is 0.187. The van der Waals surface area contributed by atoms with Crippen molar-refractivity contribution in [3.63, 3.8) is 0 Å². The highest BCUT2D eigenvalue weighted by atomic mass is 16.3. The molecule has 2 aromatic heterocycles. The van der Waals surface area contributed by atoms with Crippen LogP contribution in [0.15, 0.2) is 83.5 Å². The number of urea groups is 1. The molecule has 0 aliphatic rings. The van der Waals surface area contributed by atoms with Crippen LogP contribution in [0.2, 0.25) is 0 Å². The van der Waals surface area contributed by atoms with E-state index in [1.807, 2.05) is 90.6 Å². The first-order valence-corrected chi connectivity index (χ1v) is 8.87. The maximum Gasteiger partial charge on any atom is 0.322 e. The molecule has 5 nitrogen and oxygen atoms in total. The second-order valence-corrected chi connectivity index (χ2v) is 6.54. The third-order valence-corrected chi connectivity index (χ3v) is 4.76. The van der Waals surface area contributed by atoms with Crippen LogP contribution in [0.1, 0.15) is 18.7 Å². The number of para-hydroxylation sites is 1. The minimum Gasteiger partial charge on any atom is -0.459 e. The van der Waals surface area contributed by atoms with E-state index in [1.165, 1.54) is 0 Å². The summed E-state index contributed by atoms with van der Waals surface area (Å²) >= 11 is 0. The van der Waals surface area contributed by atoms with E-state index < -0.39 is 0 Å². The lowest BCUT2D eigenvalue weighted by Gasteiger charge is -2.23. The molecule has 0 radical (unpaired) electrons. The molecule has 2 heterocycles. The molecule has 4 rings (SSSR count). The van der Waals surface area contributed by atoms with Crippen LogP contribution in [0.3, 0.4) is 0 Å². The average molecular weight is 359 g/mol. The van der Waals surface area contributed by atoms with Gasteiger partial charge < -0.3 is 19.2 Å². The number of benzene rings is 2. The van der Waals surface area contributed by atoms with Gasteiger partial charge in [-0.1, -0.05) is 24.3 Å². The highest BCUT2D eigenvalue weighted by Crippen LogP contribution is 2.27. The molecule has 0 spiro atoms. The predicted molar refractivity (Wildman–Crippen MR) is 107 cm³/mol. The minimum atomic E-state index is -0.190. The van der Waals surface area contributed by atoms with Crippen molar-refractivity contribution in [3.8, 4) is 5.69 Å². The van der Waals surface area contributed by atoms with Gasteiger partial charge in [0.2, 0.25) is 0 Å². The molecule has 5 heteroatoms. The highest BCUT2D eigenvalue weighted by Gasteiger charge is 2.21. The van der Waals surface area contributed by atoms with E-state index in [0.717, 1.165) is 28.1 Å². The third-order valence-electron chi connectivity index (χ3n) is 4.76. The molecule has 0 aliphatic carbocycles. The number of nitrogens with zero attached hydrogens (tertiary/aromatic N) is 2. The zero-order valence-electron chi connectivity index (χ0n) is 15.3. The highest BCUT2D eigenvalue weighted by molar-refractivity contribution is 5.89. The van der Waals surface area contributed by atoms with Crippen LogP contribution < -0.4 is 5.32 Å². The van der Waals surface area contributed by atoms with E-state index in [2.05, 4.69) is 5.32 Å². The zero-order chi connectivity index (χ0) is 18.8. The molecule has 0 fully saturated rings. The molecular formula is C22H21N3O2. The Balaban J connectivity index is 1.50. The number of fused-ring (bicyclic) bond motifs is 1. The monoisotopic (exact) mass is 359 g/mol. The largest absolute Gasteiger partial charge is 0.459 e. The number of nitrogens with one attached hydrogen (secondary N) is 1. The van der Waals surface area contributed by atoms with Crippen LogP contribution in [0.4, 0.5) is 10.5 Å². The number of aromatic nitrogens is 1. The van der Waals surface area contributed by atoms with Crippen LogP contribution in [0.25, 0.3) is 16.7 Å². The van der Waals surface area contributed by atoms with Gasteiger partial charge in [-0.3, -0.25) is 0 Å². The third kappa shape index (κ3) is 3.44. The summed E-state index contributed by atoms with van der Waals surface area (Å²) in [5, 5.41) is 4.00. The van der Waals surface area contributed by atoms with Crippen molar-refractivity contribution < 1.29 is 9.21 Å². The molecule has 1 unspecified atom stereocenters. The Hall–Kier alpha value is -3.47. The number of hydrogen-bond donors (Lipinski definition) is 1. The number of anilines is 1. The van der Waals surface area contributed by atoms with E-state index in [9.17, 15) is 4.79 Å². The van der Waals surface area contributed by atoms with Gasteiger partial charge in [0, 0.05) is 36.2 Å². The first kappa shape index (κ1) is 17.0. The molecule has 27 heavy (non-hydrogen) atoms. The predicted octanol–water partition coefficient (Wildman–Crippen LogP) is 5.45. The second kappa shape index (κ2) is 7.03. The average Bonchev–Trinajstić information content (AvgIpc) is 3.36. The Morgan fingerprint density at radius 3 is 2.59 bits per heavy atom.